The van der Waals surface area contributed by atoms with Crippen molar-refractivity contribution in [2.24, 2.45) is 5.92 Å². The van der Waals surface area contributed by atoms with Gasteiger partial charge in [0.05, 0.1) is 7.11 Å². The average molecular weight is 284 g/mol. The van der Waals surface area contributed by atoms with Crippen LogP contribution in [0.25, 0.3) is 0 Å². The van der Waals surface area contributed by atoms with Gasteiger partial charge in [0.15, 0.2) is 16.6 Å². The zero-order chi connectivity index (χ0) is 14.4. The van der Waals surface area contributed by atoms with Gasteiger partial charge in [-0.1, -0.05) is 38.0 Å². The third-order valence-corrected chi connectivity index (χ3v) is 4.14. The first-order valence-electron chi connectivity index (χ1n) is 6.37. The summed E-state index contributed by atoms with van der Waals surface area (Å²) in [6.07, 6.45) is 2.16. The molecule has 1 aromatic heterocycles. The Balaban J connectivity index is 2.86. The molecule has 1 heterocycles. The predicted octanol–water partition coefficient (Wildman–Crippen LogP) is 2.98. The third-order valence-electron chi connectivity index (χ3n) is 3.02. The van der Waals surface area contributed by atoms with Crippen LogP contribution < -0.4 is 5.32 Å². The van der Waals surface area contributed by atoms with Crippen molar-refractivity contribution in [3.8, 4) is 0 Å². The number of carbonyl (C=O) groups is 2. The molecule has 0 fully saturated rings. The monoisotopic (exact) mass is 284 g/mol. The number of hydrogen-bond donors (Lipinski definition) is 1. The van der Waals surface area contributed by atoms with Crippen molar-refractivity contribution in [2.45, 2.75) is 33.6 Å². The van der Waals surface area contributed by atoms with Crippen LogP contribution in [-0.4, -0.2) is 30.4 Å². The van der Waals surface area contributed by atoms with E-state index in [1.54, 1.807) is 0 Å². The number of nitrogens with one attached hydrogen (secondary N) is 1. The molecule has 1 N–H and O–H groups in total. The van der Waals surface area contributed by atoms with E-state index >= 15 is 0 Å². The van der Waals surface area contributed by atoms with Gasteiger partial charge in [-0.2, -0.15) is 0 Å². The molecule has 0 spiro atoms. The highest BCUT2D eigenvalue weighted by Gasteiger charge is 2.21. The number of methoxy groups -OCH3 is 1. The van der Waals surface area contributed by atoms with Gasteiger partial charge in [0.1, 0.15) is 4.88 Å². The summed E-state index contributed by atoms with van der Waals surface area (Å²) in [5, 5.41) is 3.78. The van der Waals surface area contributed by atoms with E-state index in [2.05, 4.69) is 28.9 Å². The van der Waals surface area contributed by atoms with E-state index in [-0.39, 0.29) is 11.5 Å². The lowest BCUT2D eigenvalue weighted by Crippen LogP contribution is -2.12. The predicted molar refractivity (Wildman–Crippen MR) is 76.0 cm³/mol. The number of Topliss-reactive ketones (excluding diaryl/α,β-unsaturated/α-hetero) is 1. The molecule has 1 rings (SSSR count). The standard InChI is InChI=1S/C13H20N2O3S/c1-5-9(6-2)7-14-13-15-10(12(17)18-4)11(19-13)8(3)16/h9H,5-7H2,1-4H3,(H,14,15). The first kappa shape index (κ1) is 15.6. The number of ether oxygens (including phenoxy) is 1. The number of rotatable bonds is 7. The minimum atomic E-state index is -0.572. The van der Waals surface area contributed by atoms with E-state index in [4.69, 9.17) is 0 Å². The summed E-state index contributed by atoms with van der Waals surface area (Å²) >= 11 is 1.20. The van der Waals surface area contributed by atoms with Crippen molar-refractivity contribution in [3.63, 3.8) is 0 Å². The lowest BCUT2D eigenvalue weighted by atomic mass is 10.0. The van der Waals surface area contributed by atoms with Gasteiger partial charge < -0.3 is 10.1 Å². The number of ketones is 1. The number of anilines is 1. The molecule has 0 atom stereocenters. The SMILES string of the molecule is CCC(CC)CNc1nc(C(=O)OC)c(C(C)=O)s1. The zero-order valence-electron chi connectivity index (χ0n) is 11.8. The first-order valence-corrected chi connectivity index (χ1v) is 7.19. The minimum absolute atomic E-state index is 0.104. The highest BCUT2D eigenvalue weighted by molar-refractivity contribution is 7.17. The van der Waals surface area contributed by atoms with Crippen molar-refractivity contribution in [2.75, 3.05) is 19.0 Å². The molecule has 0 aliphatic heterocycles. The van der Waals surface area contributed by atoms with Gasteiger partial charge in [-0.05, 0) is 5.92 Å². The van der Waals surface area contributed by atoms with Gasteiger partial charge in [-0.25, -0.2) is 9.78 Å². The van der Waals surface area contributed by atoms with E-state index in [1.807, 2.05) is 0 Å². The van der Waals surface area contributed by atoms with Gasteiger partial charge in [-0.3, -0.25) is 4.79 Å². The Labute approximate surface area is 117 Å². The van der Waals surface area contributed by atoms with E-state index in [1.165, 1.54) is 25.4 Å². The molecule has 0 aliphatic carbocycles. The number of hydrogen-bond acceptors (Lipinski definition) is 6. The van der Waals surface area contributed by atoms with Crippen LogP contribution in [0.3, 0.4) is 0 Å². The number of nitrogens with zero attached hydrogens (tertiary/aromatic N) is 1. The maximum atomic E-state index is 11.5. The molecule has 5 nitrogen and oxygen atoms in total. The Hall–Kier alpha value is -1.43. The maximum Gasteiger partial charge on any atom is 0.358 e. The number of carbonyl (C=O) groups excluding carboxylic acids is 2. The lowest BCUT2D eigenvalue weighted by molar-refractivity contribution is 0.0591. The van der Waals surface area contributed by atoms with Crippen molar-refractivity contribution in [1.82, 2.24) is 4.98 Å². The summed E-state index contributed by atoms with van der Waals surface area (Å²) in [5.41, 5.74) is 0.104. The van der Waals surface area contributed by atoms with Crippen LogP contribution in [0.2, 0.25) is 0 Å². The first-order chi connectivity index (χ1) is 9.03. The summed E-state index contributed by atoms with van der Waals surface area (Å²) < 4.78 is 4.63. The van der Waals surface area contributed by atoms with Crippen molar-refractivity contribution in [1.29, 1.82) is 0 Å². The molecule has 0 bridgehead atoms. The maximum absolute atomic E-state index is 11.5. The second kappa shape index (κ2) is 7.23. The van der Waals surface area contributed by atoms with Gasteiger partial charge >= 0.3 is 5.97 Å². The van der Waals surface area contributed by atoms with Crippen molar-refractivity contribution >= 4 is 28.2 Å². The van der Waals surface area contributed by atoms with Crippen LogP contribution in [0.15, 0.2) is 0 Å². The minimum Gasteiger partial charge on any atom is -0.464 e. The Bertz CT molecular complexity index is 453. The normalized spacial score (nSPS) is 10.6. The summed E-state index contributed by atoms with van der Waals surface area (Å²) in [7, 11) is 1.28. The molecule has 0 amide bonds. The molecule has 0 radical (unpaired) electrons. The Morgan fingerprint density at radius 3 is 2.47 bits per heavy atom. The molecule has 0 unspecified atom stereocenters. The molecule has 6 heteroatoms. The molecule has 0 aliphatic rings. The molecule has 0 saturated carbocycles. The number of aromatic nitrogens is 1. The van der Waals surface area contributed by atoms with E-state index in [9.17, 15) is 9.59 Å². The Kier molecular flexibility index (Phi) is 5.95. The molecule has 0 saturated heterocycles. The van der Waals surface area contributed by atoms with Crippen molar-refractivity contribution in [3.05, 3.63) is 10.6 Å². The fourth-order valence-electron chi connectivity index (χ4n) is 1.68. The van der Waals surface area contributed by atoms with Gasteiger partial charge in [-0.15, -0.1) is 0 Å². The second-order valence-corrected chi connectivity index (χ2v) is 5.31. The van der Waals surface area contributed by atoms with Crippen LogP contribution in [0.1, 0.15) is 53.8 Å². The van der Waals surface area contributed by atoms with Gasteiger partial charge in [0.25, 0.3) is 0 Å². The topological polar surface area (TPSA) is 68.3 Å². The van der Waals surface area contributed by atoms with Crippen LogP contribution >= 0.6 is 11.3 Å². The highest BCUT2D eigenvalue weighted by atomic mass is 32.1. The molecule has 19 heavy (non-hydrogen) atoms. The fourth-order valence-corrected chi connectivity index (χ4v) is 2.53. The van der Waals surface area contributed by atoms with Crippen LogP contribution in [0, 0.1) is 5.92 Å². The highest BCUT2D eigenvalue weighted by Crippen LogP contribution is 2.24. The quantitative estimate of drug-likeness (QED) is 0.616. The van der Waals surface area contributed by atoms with Gasteiger partial charge in [0.2, 0.25) is 0 Å². The lowest BCUT2D eigenvalue weighted by Gasteiger charge is -2.11. The summed E-state index contributed by atoms with van der Waals surface area (Å²) in [5.74, 6) is -0.184. The Morgan fingerprint density at radius 1 is 1.37 bits per heavy atom. The smallest absolute Gasteiger partial charge is 0.358 e. The number of esters is 1. The molecule has 1 aromatic rings. The molecule has 0 aromatic carbocycles. The molecular weight excluding hydrogens is 264 g/mol. The van der Waals surface area contributed by atoms with E-state index in [0.29, 0.717) is 15.9 Å². The van der Waals surface area contributed by atoms with Gasteiger partial charge in [0, 0.05) is 13.5 Å². The van der Waals surface area contributed by atoms with E-state index < -0.39 is 5.97 Å². The van der Waals surface area contributed by atoms with Crippen LogP contribution in [0.5, 0.6) is 0 Å². The average Bonchev–Trinajstić information content (AvgIpc) is 2.83. The number of thiazole rings is 1. The molecule has 106 valence electrons. The second-order valence-electron chi connectivity index (χ2n) is 4.31. The largest absolute Gasteiger partial charge is 0.464 e. The summed E-state index contributed by atoms with van der Waals surface area (Å²) in [6, 6.07) is 0. The third kappa shape index (κ3) is 4.02. The Morgan fingerprint density at radius 2 is 2.00 bits per heavy atom. The van der Waals surface area contributed by atoms with Crippen LogP contribution in [0.4, 0.5) is 5.13 Å². The summed E-state index contributed by atoms with van der Waals surface area (Å²) in [4.78, 5) is 27.5. The van der Waals surface area contributed by atoms with E-state index in [0.717, 1.165) is 19.4 Å². The zero-order valence-corrected chi connectivity index (χ0v) is 12.6. The fraction of sp³-hybridized carbons (Fsp3) is 0.615. The molecular formula is C13H20N2O3S. The van der Waals surface area contributed by atoms with Crippen LogP contribution in [-0.2, 0) is 4.74 Å². The van der Waals surface area contributed by atoms with Crippen molar-refractivity contribution < 1.29 is 14.3 Å². The summed E-state index contributed by atoms with van der Waals surface area (Å²) in [6.45, 7) is 6.49.